The molecule has 0 heterocycles. The van der Waals surface area contributed by atoms with E-state index < -0.39 is 13.9 Å². The number of rotatable bonds is 5. The van der Waals surface area contributed by atoms with E-state index in [1.165, 1.54) is 0 Å². The van der Waals surface area contributed by atoms with Crippen molar-refractivity contribution in [3.8, 4) is 0 Å². The van der Waals surface area contributed by atoms with Gasteiger partial charge < -0.3 is 14.5 Å². The van der Waals surface area contributed by atoms with Crippen molar-refractivity contribution in [3.63, 3.8) is 0 Å². The molecule has 0 saturated carbocycles. The second-order valence-electron chi connectivity index (χ2n) is 1.73. The summed E-state index contributed by atoms with van der Waals surface area (Å²) in [6.45, 7) is 0. The maximum absolute atomic E-state index is 10.1. The van der Waals surface area contributed by atoms with Gasteiger partial charge in [-0.05, 0) is 0 Å². The van der Waals surface area contributed by atoms with Gasteiger partial charge in [-0.3, -0.25) is 14.6 Å². The molecule has 0 aromatic heterocycles. The minimum absolute atomic E-state index is 0.0807. The largest absolute Gasteiger partial charge is 0.487 e. The lowest BCUT2D eigenvalue weighted by Crippen LogP contribution is -2.07. The normalized spacial score (nSPS) is 11.6. The lowest BCUT2D eigenvalue weighted by Gasteiger charge is -2.03. The van der Waals surface area contributed by atoms with Gasteiger partial charge in [-0.2, -0.15) is 5.06 Å². The molecule has 0 aliphatic carbocycles. The van der Waals surface area contributed by atoms with E-state index in [1.807, 2.05) is 0 Å². The zero-order valence-electron chi connectivity index (χ0n) is 5.90. The Morgan fingerprint density at radius 3 is 2.50 bits per heavy atom. The van der Waals surface area contributed by atoms with Gasteiger partial charge in [0.25, 0.3) is 0 Å². The molecule has 0 aliphatic rings. The van der Waals surface area contributed by atoms with Gasteiger partial charge in [0.2, 0.25) is 6.41 Å². The molecule has 0 radical (unpaired) electrons. The van der Waals surface area contributed by atoms with Crippen LogP contribution in [0.4, 0.5) is 0 Å². The number of hydroxylamine groups is 2. The topological polar surface area (TPSA) is 107 Å². The van der Waals surface area contributed by atoms with Gasteiger partial charge in [0.05, 0.1) is 6.20 Å². The fraction of sp³-hybridized carbons (Fsp3) is 0.250. The van der Waals surface area contributed by atoms with E-state index in [0.717, 1.165) is 12.5 Å². The van der Waals surface area contributed by atoms with Gasteiger partial charge in [-0.1, -0.05) is 0 Å². The molecular weight excluding hydrogens is 189 g/mol. The Labute approximate surface area is 68.0 Å². The highest BCUT2D eigenvalue weighted by Crippen LogP contribution is 2.33. The smallest absolute Gasteiger partial charge is 0.362 e. The van der Waals surface area contributed by atoms with Gasteiger partial charge in [0.1, 0.15) is 6.26 Å². The van der Waals surface area contributed by atoms with Crippen LogP contribution in [0.1, 0.15) is 0 Å². The predicted octanol–water partition coefficient (Wildman–Crippen LogP) is -0.543. The molecule has 70 valence electrons. The quantitative estimate of drug-likeness (QED) is 0.179. The van der Waals surface area contributed by atoms with E-state index in [1.54, 1.807) is 0 Å². The molecule has 1 amide bonds. The highest BCUT2D eigenvalue weighted by atomic mass is 31.2. The molecule has 3 N–H and O–H groups in total. The molecular formula is C4H8NO6P. The number of carbonyl (C=O) groups is 1. The fourth-order valence-electron chi connectivity index (χ4n) is 0.281. The maximum Gasteiger partial charge on any atom is 0.362 e. The molecule has 12 heavy (non-hydrogen) atoms. The second kappa shape index (κ2) is 4.89. The van der Waals surface area contributed by atoms with Crippen molar-refractivity contribution in [1.82, 2.24) is 5.06 Å². The molecule has 0 atom stereocenters. The van der Waals surface area contributed by atoms with Crippen molar-refractivity contribution in [1.29, 1.82) is 0 Å². The minimum Gasteiger partial charge on any atom is -0.487 e. The first-order valence-corrected chi connectivity index (χ1v) is 4.51. The van der Waals surface area contributed by atoms with Gasteiger partial charge in [0, 0.05) is 0 Å². The van der Waals surface area contributed by atoms with Gasteiger partial charge in [-0.25, -0.2) is 0 Å². The number of hydrogen-bond acceptors (Lipinski definition) is 4. The molecule has 0 saturated heterocycles. The number of amides is 1. The van der Waals surface area contributed by atoms with Gasteiger partial charge in [-0.15, -0.1) is 0 Å². The number of carbonyl (C=O) groups excluding carboxylic acids is 1. The van der Waals surface area contributed by atoms with E-state index in [9.17, 15) is 9.36 Å². The van der Waals surface area contributed by atoms with Crippen molar-refractivity contribution in [2.24, 2.45) is 0 Å². The second-order valence-corrected chi connectivity index (χ2v) is 3.32. The van der Waals surface area contributed by atoms with Crippen molar-refractivity contribution < 1.29 is 29.1 Å². The van der Waals surface area contributed by atoms with E-state index in [4.69, 9.17) is 15.0 Å². The molecule has 0 aromatic rings. The molecule has 0 unspecified atom stereocenters. The Bertz CT molecular complexity index is 210. The summed E-state index contributed by atoms with van der Waals surface area (Å²) in [5.74, 6) is 0. The van der Waals surface area contributed by atoms with Crippen molar-refractivity contribution in [2.45, 2.75) is 0 Å². The highest BCUT2D eigenvalue weighted by molar-refractivity contribution is 7.51. The Hall–Kier alpha value is -0.880. The minimum atomic E-state index is -4.20. The number of nitrogens with zero attached hydrogens (tertiary/aromatic N) is 1. The molecule has 0 aromatic carbocycles. The molecule has 8 heteroatoms. The highest BCUT2D eigenvalue weighted by Gasteiger charge is 2.11. The maximum atomic E-state index is 10.1. The fourth-order valence-corrected chi connectivity index (χ4v) is 0.561. The van der Waals surface area contributed by atoms with Crippen LogP contribution in [0.25, 0.3) is 0 Å². The van der Waals surface area contributed by atoms with Crippen LogP contribution < -0.4 is 0 Å². The summed E-state index contributed by atoms with van der Waals surface area (Å²) >= 11 is 0. The van der Waals surface area contributed by atoms with Crippen molar-refractivity contribution in [3.05, 3.63) is 12.5 Å². The van der Waals surface area contributed by atoms with Crippen molar-refractivity contribution >= 4 is 14.0 Å². The van der Waals surface area contributed by atoms with Crippen LogP contribution in [0.5, 0.6) is 0 Å². The van der Waals surface area contributed by atoms with Crippen LogP contribution in [0.15, 0.2) is 12.5 Å². The third-order valence-electron chi connectivity index (χ3n) is 0.661. The summed E-state index contributed by atoms with van der Waals surface area (Å²) in [6.07, 6.45) is 0.865. The summed E-state index contributed by atoms with van der Waals surface area (Å²) in [6, 6.07) is 0. The Morgan fingerprint density at radius 2 is 2.08 bits per heavy atom. The van der Waals surface area contributed by atoms with Gasteiger partial charge >= 0.3 is 7.60 Å². The summed E-state index contributed by atoms with van der Waals surface area (Å²) in [5, 5.41) is 8.53. The average Bonchev–Trinajstić information content (AvgIpc) is 1.96. The van der Waals surface area contributed by atoms with Gasteiger partial charge in [0.15, 0.2) is 6.35 Å². The van der Waals surface area contributed by atoms with Crippen LogP contribution in [0, 0.1) is 0 Å². The third-order valence-corrected chi connectivity index (χ3v) is 1.15. The van der Waals surface area contributed by atoms with E-state index >= 15 is 0 Å². The zero-order valence-corrected chi connectivity index (χ0v) is 6.79. The Balaban J connectivity index is 3.63. The predicted molar refractivity (Wildman–Crippen MR) is 36.8 cm³/mol. The first kappa shape index (κ1) is 11.1. The first-order valence-electron chi connectivity index (χ1n) is 2.71. The molecule has 0 rings (SSSR count). The molecule has 0 spiro atoms. The summed E-state index contributed by atoms with van der Waals surface area (Å²) in [5.41, 5.74) is 0. The molecule has 7 nitrogen and oxygen atoms in total. The average molecular weight is 197 g/mol. The zero-order chi connectivity index (χ0) is 9.61. The standard InChI is InChI=1S/C4H8NO6P/c6-3-5(7)1-2-11-4-12(8,9)10/h1-3,7H,4H2,(H2,8,9,10). The monoisotopic (exact) mass is 197 g/mol. The van der Waals surface area contributed by atoms with Crippen LogP contribution in [-0.4, -0.2) is 32.8 Å². The van der Waals surface area contributed by atoms with E-state index in [-0.39, 0.29) is 11.5 Å². The van der Waals surface area contributed by atoms with Crippen molar-refractivity contribution in [2.75, 3.05) is 6.35 Å². The lowest BCUT2D eigenvalue weighted by molar-refractivity contribution is -0.139. The molecule has 0 fully saturated rings. The number of ether oxygens (including phenoxy) is 1. The molecule has 0 aliphatic heterocycles. The number of hydrogen-bond donors (Lipinski definition) is 3. The Morgan fingerprint density at radius 1 is 1.50 bits per heavy atom. The molecule has 0 bridgehead atoms. The Kier molecular flexibility index (Phi) is 4.53. The SMILES string of the molecule is O=CN(O)C=COCP(=O)(O)O. The van der Waals surface area contributed by atoms with Crippen LogP contribution in [0.2, 0.25) is 0 Å². The first-order chi connectivity index (χ1) is 5.45. The van der Waals surface area contributed by atoms with Crippen LogP contribution in [0.3, 0.4) is 0 Å². The van der Waals surface area contributed by atoms with E-state index in [2.05, 4.69) is 4.74 Å². The van der Waals surface area contributed by atoms with E-state index in [0.29, 0.717) is 0 Å². The summed E-state index contributed by atoms with van der Waals surface area (Å²) < 4.78 is 14.4. The summed E-state index contributed by atoms with van der Waals surface area (Å²) in [4.78, 5) is 26.2. The lowest BCUT2D eigenvalue weighted by atomic mass is 10.9. The summed E-state index contributed by atoms with van der Waals surface area (Å²) in [7, 11) is -4.20. The van der Waals surface area contributed by atoms with Crippen LogP contribution in [-0.2, 0) is 14.1 Å². The third kappa shape index (κ3) is 7.23. The van der Waals surface area contributed by atoms with Crippen LogP contribution >= 0.6 is 7.60 Å².